The van der Waals surface area contributed by atoms with Crippen molar-refractivity contribution in [2.75, 3.05) is 14.2 Å². The van der Waals surface area contributed by atoms with Gasteiger partial charge in [-0.05, 0) is 52.8 Å². The fraction of sp³-hybridized carbons (Fsp3) is 0.250. The minimum Gasteiger partial charge on any atom is -0.493 e. The zero-order chi connectivity index (χ0) is 22.7. The van der Waals surface area contributed by atoms with Gasteiger partial charge >= 0.3 is 0 Å². The van der Waals surface area contributed by atoms with Crippen LogP contribution in [-0.4, -0.2) is 19.2 Å². The molecule has 4 rings (SSSR count). The van der Waals surface area contributed by atoms with Gasteiger partial charge < -0.3 is 14.2 Å². The van der Waals surface area contributed by atoms with Crippen LogP contribution in [0.1, 0.15) is 37.5 Å². The lowest BCUT2D eigenvalue weighted by Crippen LogP contribution is -2.10. The number of hydrogen-bond acceptors (Lipinski definition) is 4. The van der Waals surface area contributed by atoms with Gasteiger partial charge in [0.25, 0.3) is 0 Å². The molecule has 0 spiro atoms. The molecule has 1 heterocycles. The van der Waals surface area contributed by atoms with E-state index in [0.29, 0.717) is 11.5 Å². The number of hydrogen-bond donors (Lipinski definition) is 0. The predicted octanol–water partition coefficient (Wildman–Crippen LogP) is 6.93. The third-order valence-corrected chi connectivity index (χ3v) is 5.59. The van der Waals surface area contributed by atoms with Crippen molar-refractivity contribution in [3.8, 4) is 23.0 Å². The van der Waals surface area contributed by atoms with Crippen molar-refractivity contribution in [1.82, 2.24) is 4.98 Å². The average molecular weight is 428 g/mol. The molecule has 0 amide bonds. The normalized spacial score (nSPS) is 11.4. The number of ether oxygens (including phenoxy) is 3. The first-order valence-electron chi connectivity index (χ1n) is 10.7. The molecule has 0 bridgehead atoms. The van der Waals surface area contributed by atoms with E-state index in [0.717, 1.165) is 28.8 Å². The molecule has 1 aromatic heterocycles. The Hall–Kier alpha value is -3.53. The van der Waals surface area contributed by atoms with Gasteiger partial charge in [0.1, 0.15) is 11.5 Å². The lowest BCUT2D eigenvalue weighted by molar-refractivity contribution is 0.355. The van der Waals surface area contributed by atoms with Crippen molar-refractivity contribution in [1.29, 1.82) is 0 Å². The van der Waals surface area contributed by atoms with Crippen LogP contribution >= 0.6 is 0 Å². The highest BCUT2D eigenvalue weighted by molar-refractivity contribution is 5.88. The number of fused-ring (bicyclic) bond motifs is 1. The second-order valence-electron chi connectivity index (χ2n) is 8.90. The monoisotopic (exact) mass is 427 g/mol. The smallest absolute Gasteiger partial charge is 0.162 e. The molecule has 0 aliphatic heterocycles. The van der Waals surface area contributed by atoms with Crippen molar-refractivity contribution in [2.24, 2.45) is 0 Å². The van der Waals surface area contributed by atoms with Crippen molar-refractivity contribution in [3.05, 3.63) is 89.6 Å². The van der Waals surface area contributed by atoms with E-state index in [1.54, 1.807) is 20.4 Å². The molecular formula is C28H29NO3. The van der Waals surface area contributed by atoms with Crippen LogP contribution in [0.25, 0.3) is 10.9 Å². The van der Waals surface area contributed by atoms with Gasteiger partial charge in [-0.15, -0.1) is 0 Å². The Bertz CT molecular complexity index is 1210. The van der Waals surface area contributed by atoms with E-state index in [1.807, 2.05) is 30.3 Å². The summed E-state index contributed by atoms with van der Waals surface area (Å²) in [5, 5.41) is 0.869. The van der Waals surface area contributed by atoms with Crippen LogP contribution in [-0.2, 0) is 11.8 Å². The largest absolute Gasteiger partial charge is 0.493 e. The lowest BCUT2D eigenvalue weighted by atomic mass is 9.86. The summed E-state index contributed by atoms with van der Waals surface area (Å²) in [6, 6.07) is 22.7. The van der Waals surface area contributed by atoms with Crippen molar-refractivity contribution in [3.63, 3.8) is 0 Å². The van der Waals surface area contributed by atoms with Gasteiger partial charge in [0.15, 0.2) is 11.5 Å². The number of pyridine rings is 1. The molecule has 0 N–H and O–H groups in total. The summed E-state index contributed by atoms with van der Waals surface area (Å²) in [7, 11) is 3.24. The maximum Gasteiger partial charge on any atom is 0.162 e. The maximum atomic E-state index is 6.19. The summed E-state index contributed by atoms with van der Waals surface area (Å²) in [5.74, 6) is 2.79. The molecule has 3 aromatic carbocycles. The number of benzene rings is 3. The van der Waals surface area contributed by atoms with Crippen LogP contribution < -0.4 is 14.2 Å². The number of rotatable bonds is 6. The Morgan fingerprint density at radius 1 is 0.719 bits per heavy atom. The van der Waals surface area contributed by atoms with Crippen LogP contribution in [0, 0.1) is 0 Å². The second kappa shape index (κ2) is 8.91. The fourth-order valence-electron chi connectivity index (χ4n) is 3.70. The van der Waals surface area contributed by atoms with Crippen molar-refractivity contribution >= 4 is 10.9 Å². The molecule has 0 aliphatic rings. The average Bonchev–Trinajstić information content (AvgIpc) is 2.79. The topological polar surface area (TPSA) is 40.6 Å². The third-order valence-electron chi connectivity index (χ3n) is 5.59. The van der Waals surface area contributed by atoms with Crippen LogP contribution in [0.4, 0.5) is 0 Å². The lowest BCUT2D eigenvalue weighted by Gasteiger charge is -2.19. The highest BCUT2D eigenvalue weighted by Crippen LogP contribution is 2.37. The van der Waals surface area contributed by atoms with Crippen molar-refractivity contribution in [2.45, 2.75) is 32.6 Å². The quantitative estimate of drug-likeness (QED) is 0.334. The van der Waals surface area contributed by atoms with E-state index in [2.05, 4.69) is 62.2 Å². The first kappa shape index (κ1) is 21.7. The highest BCUT2D eigenvalue weighted by Gasteiger charge is 2.13. The Morgan fingerprint density at radius 2 is 1.31 bits per heavy atom. The molecule has 0 atom stereocenters. The fourth-order valence-corrected chi connectivity index (χ4v) is 3.70. The van der Waals surface area contributed by atoms with Gasteiger partial charge in [-0.1, -0.05) is 57.2 Å². The van der Waals surface area contributed by atoms with E-state index < -0.39 is 0 Å². The SMILES string of the molecule is COc1cc2nccc(Oc3ccc(Cc4ccc(C(C)(C)C)cc4)cc3)c2cc1OC. The van der Waals surface area contributed by atoms with Gasteiger partial charge in [-0.25, -0.2) is 0 Å². The standard InChI is InChI=1S/C28H29NO3/c1-28(2,3)21-10-6-19(7-11-21)16-20-8-12-22(13-9-20)32-25-14-15-29-24-18-27(31-5)26(30-4)17-23(24)25/h6-15,17-18H,16H2,1-5H3. The molecule has 0 saturated heterocycles. The Morgan fingerprint density at radius 3 is 1.91 bits per heavy atom. The summed E-state index contributed by atoms with van der Waals surface area (Å²) in [6.45, 7) is 6.71. The minimum atomic E-state index is 0.170. The van der Waals surface area contributed by atoms with E-state index in [9.17, 15) is 0 Å². The number of nitrogens with zero attached hydrogens (tertiary/aromatic N) is 1. The molecule has 0 aliphatic carbocycles. The van der Waals surface area contributed by atoms with Gasteiger partial charge in [0.2, 0.25) is 0 Å². The van der Waals surface area contributed by atoms with Gasteiger partial charge in [0, 0.05) is 17.6 Å². The molecule has 0 fully saturated rings. The highest BCUT2D eigenvalue weighted by atomic mass is 16.5. The zero-order valence-electron chi connectivity index (χ0n) is 19.3. The summed E-state index contributed by atoms with van der Waals surface area (Å²) in [5.41, 5.74) is 4.85. The Balaban J connectivity index is 1.52. The van der Waals surface area contributed by atoms with E-state index in [-0.39, 0.29) is 5.41 Å². The van der Waals surface area contributed by atoms with Gasteiger partial charge in [0.05, 0.1) is 19.7 Å². The summed E-state index contributed by atoms with van der Waals surface area (Å²) < 4.78 is 17.0. The molecule has 4 aromatic rings. The molecule has 4 nitrogen and oxygen atoms in total. The molecule has 164 valence electrons. The molecule has 32 heavy (non-hydrogen) atoms. The summed E-state index contributed by atoms with van der Waals surface area (Å²) in [4.78, 5) is 4.43. The second-order valence-corrected chi connectivity index (χ2v) is 8.90. The van der Waals surface area contributed by atoms with Crippen LogP contribution in [0.3, 0.4) is 0 Å². The van der Waals surface area contributed by atoms with Crippen LogP contribution in [0.2, 0.25) is 0 Å². The third kappa shape index (κ3) is 4.70. The van der Waals surface area contributed by atoms with Crippen LogP contribution in [0.15, 0.2) is 72.9 Å². The molecule has 0 unspecified atom stereocenters. The molecular weight excluding hydrogens is 398 g/mol. The predicted molar refractivity (Wildman–Crippen MR) is 129 cm³/mol. The van der Waals surface area contributed by atoms with Gasteiger partial charge in [-0.3, -0.25) is 4.98 Å². The van der Waals surface area contributed by atoms with E-state index in [4.69, 9.17) is 14.2 Å². The van der Waals surface area contributed by atoms with E-state index in [1.165, 1.54) is 16.7 Å². The molecule has 0 radical (unpaired) electrons. The molecule has 4 heteroatoms. The summed E-state index contributed by atoms with van der Waals surface area (Å²) >= 11 is 0. The first-order valence-corrected chi connectivity index (χ1v) is 10.7. The Labute approximate surface area is 189 Å². The Kier molecular flexibility index (Phi) is 6.04. The number of methoxy groups -OCH3 is 2. The van der Waals surface area contributed by atoms with Crippen LogP contribution in [0.5, 0.6) is 23.0 Å². The first-order chi connectivity index (χ1) is 15.4. The minimum absolute atomic E-state index is 0.170. The summed E-state index contributed by atoms with van der Waals surface area (Å²) in [6.07, 6.45) is 2.62. The van der Waals surface area contributed by atoms with E-state index >= 15 is 0 Å². The zero-order valence-corrected chi connectivity index (χ0v) is 19.3. The number of aromatic nitrogens is 1. The molecule has 0 saturated carbocycles. The van der Waals surface area contributed by atoms with Crippen molar-refractivity contribution < 1.29 is 14.2 Å². The van der Waals surface area contributed by atoms with Gasteiger partial charge in [-0.2, -0.15) is 0 Å². The maximum absolute atomic E-state index is 6.19.